The minimum Gasteiger partial charge on any atom is -0.497 e. The molecule has 0 saturated carbocycles. The van der Waals surface area contributed by atoms with E-state index in [0.717, 1.165) is 60.6 Å². The number of pyridine rings is 1. The number of rotatable bonds is 9. The van der Waals surface area contributed by atoms with Crippen molar-refractivity contribution in [1.29, 1.82) is 0 Å². The SMILES string of the molecule is CCCCOCCCNc1cc(C)nc2ccc(OC)cc12. The molecule has 4 heteroatoms. The van der Waals surface area contributed by atoms with Crippen LogP contribution >= 0.6 is 0 Å². The van der Waals surface area contributed by atoms with Crippen LogP contribution in [-0.4, -0.2) is 31.9 Å². The van der Waals surface area contributed by atoms with Crippen LogP contribution in [-0.2, 0) is 4.74 Å². The maximum absolute atomic E-state index is 5.59. The second-order valence-electron chi connectivity index (χ2n) is 5.44. The van der Waals surface area contributed by atoms with Crippen molar-refractivity contribution in [1.82, 2.24) is 4.98 Å². The minimum atomic E-state index is 0.804. The molecule has 2 rings (SSSR count). The third-order valence-corrected chi connectivity index (χ3v) is 3.57. The second kappa shape index (κ2) is 8.59. The molecule has 0 unspecified atom stereocenters. The first-order valence-electron chi connectivity index (χ1n) is 8.01. The minimum absolute atomic E-state index is 0.804. The predicted molar refractivity (Wildman–Crippen MR) is 91.9 cm³/mol. The standard InChI is InChI=1S/C18H26N2O2/c1-4-5-10-22-11-6-9-19-18-12-14(2)20-17-8-7-15(21-3)13-16(17)18/h7-8,12-13H,4-6,9-11H2,1-3H3,(H,19,20). The van der Waals surface area contributed by atoms with Crippen LogP contribution in [0.4, 0.5) is 5.69 Å². The summed E-state index contributed by atoms with van der Waals surface area (Å²) < 4.78 is 10.9. The molecule has 22 heavy (non-hydrogen) atoms. The van der Waals surface area contributed by atoms with Gasteiger partial charge in [-0.3, -0.25) is 4.98 Å². The van der Waals surface area contributed by atoms with Crippen LogP contribution in [0.5, 0.6) is 5.75 Å². The van der Waals surface area contributed by atoms with Gasteiger partial charge in [0.2, 0.25) is 0 Å². The normalized spacial score (nSPS) is 10.9. The van der Waals surface area contributed by atoms with E-state index in [1.54, 1.807) is 7.11 Å². The molecular weight excluding hydrogens is 276 g/mol. The van der Waals surface area contributed by atoms with Gasteiger partial charge in [-0.05, 0) is 44.0 Å². The summed E-state index contributed by atoms with van der Waals surface area (Å²) in [6.45, 7) is 6.75. The zero-order valence-corrected chi connectivity index (χ0v) is 13.8. The summed E-state index contributed by atoms with van der Waals surface area (Å²) in [5.41, 5.74) is 3.11. The van der Waals surface area contributed by atoms with Crippen molar-refractivity contribution in [3.63, 3.8) is 0 Å². The fourth-order valence-electron chi connectivity index (χ4n) is 2.36. The largest absolute Gasteiger partial charge is 0.497 e. The number of aromatic nitrogens is 1. The molecule has 0 saturated heterocycles. The van der Waals surface area contributed by atoms with E-state index < -0.39 is 0 Å². The summed E-state index contributed by atoms with van der Waals surface area (Å²) in [4.78, 5) is 4.57. The van der Waals surface area contributed by atoms with E-state index in [9.17, 15) is 0 Å². The monoisotopic (exact) mass is 302 g/mol. The van der Waals surface area contributed by atoms with E-state index in [-0.39, 0.29) is 0 Å². The van der Waals surface area contributed by atoms with Crippen LogP contribution in [0.3, 0.4) is 0 Å². The Hall–Kier alpha value is -1.81. The number of fused-ring (bicyclic) bond motifs is 1. The van der Waals surface area contributed by atoms with E-state index in [1.165, 1.54) is 6.42 Å². The van der Waals surface area contributed by atoms with Gasteiger partial charge in [-0.1, -0.05) is 13.3 Å². The van der Waals surface area contributed by atoms with Gasteiger partial charge in [0, 0.05) is 36.5 Å². The lowest BCUT2D eigenvalue weighted by molar-refractivity contribution is 0.131. The Morgan fingerprint density at radius 1 is 1.14 bits per heavy atom. The Kier molecular flexibility index (Phi) is 6.46. The first-order valence-corrected chi connectivity index (χ1v) is 8.01. The van der Waals surface area contributed by atoms with Crippen LogP contribution in [0, 0.1) is 6.92 Å². The van der Waals surface area contributed by atoms with Gasteiger partial charge in [-0.15, -0.1) is 0 Å². The molecule has 0 atom stereocenters. The average Bonchev–Trinajstić information content (AvgIpc) is 2.53. The summed E-state index contributed by atoms with van der Waals surface area (Å²) in [5, 5.41) is 4.59. The zero-order valence-electron chi connectivity index (χ0n) is 13.8. The predicted octanol–water partition coefficient (Wildman–Crippen LogP) is 4.17. The highest BCUT2D eigenvalue weighted by atomic mass is 16.5. The molecule has 1 aromatic carbocycles. The third-order valence-electron chi connectivity index (χ3n) is 3.57. The maximum atomic E-state index is 5.59. The van der Waals surface area contributed by atoms with Gasteiger partial charge in [-0.25, -0.2) is 0 Å². The van der Waals surface area contributed by atoms with Crippen molar-refractivity contribution in [2.24, 2.45) is 0 Å². The molecule has 0 radical (unpaired) electrons. The van der Waals surface area contributed by atoms with E-state index in [4.69, 9.17) is 9.47 Å². The second-order valence-corrected chi connectivity index (χ2v) is 5.44. The Bertz CT molecular complexity index is 599. The van der Waals surface area contributed by atoms with E-state index in [0.29, 0.717) is 0 Å². The molecule has 0 spiro atoms. The van der Waals surface area contributed by atoms with Gasteiger partial charge in [0.25, 0.3) is 0 Å². The van der Waals surface area contributed by atoms with Crippen LogP contribution < -0.4 is 10.1 Å². The highest BCUT2D eigenvalue weighted by molar-refractivity contribution is 5.92. The number of nitrogens with one attached hydrogen (secondary N) is 1. The Labute approximate surface area is 132 Å². The summed E-state index contributed by atoms with van der Waals surface area (Å²) in [6, 6.07) is 8.06. The number of ether oxygens (including phenoxy) is 2. The van der Waals surface area contributed by atoms with Gasteiger partial charge in [0.15, 0.2) is 0 Å². The molecule has 0 aliphatic carbocycles. The Morgan fingerprint density at radius 2 is 1.95 bits per heavy atom. The molecule has 120 valence electrons. The number of methoxy groups -OCH3 is 1. The number of hydrogen-bond acceptors (Lipinski definition) is 4. The highest BCUT2D eigenvalue weighted by Crippen LogP contribution is 2.27. The number of benzene rings is 1. The highest BCUT2D eigenvalue weighted by Gasteiger charge is 2.05. The van der Waals surface area contributed by atoms with Gasteiger partial charge in [0.1, 0.15) is 5.75 Å². The average molecular weight is 302 g/mol. The van der Waals surface area contributed by atoms with Crippen LogP contribution in [0.2, 0.25) is 0 Å². The quantitative estimate of drug-likeness (QED) is 0.706. The molecule has 4 nitrogen and oxygen atoms in total. The fraction of sp³-hybridized carbons (Fsp3) is 0.500. The molecule has 1 aromatic heterocycles. The summed E-state index contributed by atoms with van der Waals surface area (Å²) >= 11 is 0. The lowest BCUT2D eigenvalue weighted by Crippen LogP contribution is -2.07. The Balaban J connectivity index is 1.97. The molecule has 0 aliphatic heterocycles. The topological polar surface area (TPSA) is 43.4 Å². The Morgan fingerprint density at radius 3 is 2.73 bits per heavy atom. The number of hydrogen-bond donors (Lipinski definition) is 1. The van der Waals surface area contributed by atoms with Gasteiger partial charge in [-0.2, -0.15) is 0 Å². The number of anilines is 1. The first kappa shape index (κ1) is 16.6. The smallest absolute Gasteiger partial charge is 0.119 e. The number of aryl methyl sites for hydroxylation is 1. The lowest BCUT2D eigenvalue weighted by atomic mass is 10.1. The van der Waals surface area contributed by atoms with Crippen molar-refractivity contribution in [3.05, 3.63) is 30.0 Å². The van der Waals surface area contributed by atoms with Gasteiger partial charge >= 0.3 is 0 Å². The summed E-state index contributed by atoms with van der Waals surface area (Å²) in [5.74, 6) is 0.851. The van der Waals surface area contributed by atoms with Crippen LogP contribution in [0.25, 0.3) is 10.9 Å². The van der Waals surface area contributed by atoms with Gasteiger partial charge < -0.3 is 14.8 Å². The lowest BCUT2D eigenvalue weighted by Gasteiger charge is -2.12. The molecular formula is C18H26N2O2. The van der Waals surface area contributed by atoms with Crippen molar-refractivity contribution < 1.29 is 9.47 Å². The molecule has 1 heterocycles. The fourth-order valence-corrected chi connectivity index (χ4v) is 2.36. The number of nitrogens with zero attached hydrogens (tertiary/aromatic N) is 1. The summed E-state index contributed by atoms with van der Waals surface area (Å²) in [7, 11) is 1.68. The molecule has 0 bridgehead atoms. The molecule has 1 N–H and O–H groups in total. The van der Waals surface area contributed by atoms with Crippen molar-refractivity contribution in [2.45, 2.75) is 33.1 Å². The number of unbranched alkanes of at least 4 members (excludes halogenated alkanes) is 1. The van der Waals surface area contributed by atoms with E-state index >= 15 is 0 Å². The molecule has 2 aromatic rings. The van der Waals surface area contributed by atoms with Crippen molar-refractivity contribution in [2.75, 3.05) is 32.2 Å². The first-order chi connectivity index (χ1) is 10.7. The molecule has 0 aliphatic rings. The third kappa shape index (κ3) is 4.60. The summed E-state index contributed by atoms with van der Waals surface area (Å²) in [6.07, 6.45) is 3.32. The van der Waals surface area contributed by atoms with Crippen molar-refractivity contribution >= 4 is 16.6 Å². The molecule has 0 fully saturated rings. The van der Waals surface area contributed by atoms with Crippen LogP contribution in [0.1, 0.15) is 31.9 Å². The van der Waals surface area contributed by atoms with Crippen LogP contribution in [0.15, 0.2) is 24.3 Å². The zero-order chi connectivity index (χ0) is 15.8. The van der Waals surface area contributed by atoms with E-state index in [2.05, 4.69) is 23.3 Å². The van der Waals surface area contributed by atoms with Gasteiger partial charge in [0.05, 0.1) is 12.6 Å². The van der Waals surface area contributed by atoms with Crippen molar-refractivity contribution in [3.8, 4) is 5.75 Å². The maximum Gasteiger partial charge on any atom is 0.119 e. The van der Waals surface area contributed by atoms with E-state index in [1.807, 2.05) is 25.1 Å². The molecule has 0 amide bonds.